The van der Waals surface area contributed by atoms with Gasteiger partial charge in [-0.1, -0.05) is 23.7 Å². The van der Waals surface area contributed by atoms with Crippen molar-refractivity contribution in [3.05, 3.63) is 63.6 Å². The molecule has 3 rings (SSSR count). The molecule has 98 valence electrons. The van der Waals surface area contributed by atoms with Gasteiger partial charge in [0.15, 0.2) is 0 Å². The molecule has 0 spiro atoms. The third-order valence-corrected chi connectivity index (χ3v) is 4.17. The van der Waals surface area contributed by atoms with Gasteiger partial charge in [-0.15, -0.1) is 11.3 Å². The number of thiophene rings is 1. The van der Waals surface area contributed by atoms with E-state index in [9.17, 15) is 5.26 Å². The normalized spacial score (nSPS) is 10.4. The number of benzene rings is 1. The highest BCUT2D eigenvalue weighted by Gasteiger charge is 2.11. The van der Waals surface area contributed by atoms with Gasteiger partial charge in [-0.3, -0.25) is 0 Å². The van der Waals surface area contributed by atoms with Crippen molar-refractivity contribution < 1.29 is 0 Å². The highest BCUT2D eigenvalue weighted by Crippen LogP contribution is 2.26. The maximum atomic E-state index is 9.20. The predicted octanol–water partition coefficient (Wildman–Crippen LogP) is 4.18. The molecule has 0 aliphatic rings. The predicted molar refractivity (Wildman–Crippen MR) is 80.8 cm³/mol. The van der Waals surface area contributed by atoms with Crippen LogP contribution in [0, 0.1) is 11.3 Å². The first-order chi connectivity index (χ1) is 9.78. The van der Waals surface area contributed by atoms with Crippen LogP contribution in [0.3, 0.4) is 0 Å². The number of nitriles is 1. The fourth-order valence-electron chi connectivity index (χ4n) is 2.06. The molecule has 0 saturated carbocycles. The topological polar surface area (TPSA) is 41.6 Å². The summed E-state index contributed by atoms with van der Waals surface area (Å²) in [5, 5.41) is 9.20. The molecule has 2 aromatic heterocycles. The van der Waals surface area contributed by atoms with Crippen LogP contribution in [0.2, 0.25) is 4.34 Å². The number of hydrogen-bond acceptors (Lipinski definition) is 3. The quantitative estimate of drug-likeness (QED) is 0.728. The van der Waals surface area contributed by atoms with Crippen molar-refractivity contribution in [1.29, 1.82) is 5.26 Å². The van der Waals surface area contributed by atoms with Crippen molar-refractivity contribution in [1.82, 2.24) is 9.55 Å². The first kappa shape index (κ1) is 12.9. The van der Waals surface area contributed by atoms with Crippen molar-refractivity contribution in [2.24, 2.45) is 0 Å². The van der Waals surface area contributed by atoms with E-state index in [2.05, 4.69) is 11.1 Å². The molecule has 1 aromatic carbocycles. The second kappa shape index (κ2) is 5.49. The summed E-state index contributed by atoms with van der Waals surface area (Å²) in [5.41, 5.74) is 1.48. The van der Waals surface area contributed by atoms with Gasteiger partial charge in [0.25, 0.3) is 0 Å². The van der Waals surface area contributed by atoms with Crippen molar-refractivity contribution >= 4 is 22.9 Å². The number of halogens is 1. The molecule has 0 fully saturated rings. The number of imidazole rings is 1. The molecule has 0 unspecified atom stereocenters. The zero-order valence-corrected chi connectivity index (χ0v) is 12.0. The average Bonchev–Trinajstić information content (AvgIpc) is 3.08. The lowest BCUT2D eigenvalue weighted by Gasteiger charge is -2.07. The Morgan fingerprint density at radius 3 is 2.85 bits per heavy atom. The lowest BCUT2D eigenvalue weighted by molar-refractivity contribution is 0.819. The monoisotopic (exact) mass is 299 g/mol. The lowest BCUT2D eigenvalue weighted by atomic mass is 10.1. The summed E-state index contributed by atoms with van der Waals surface area (Å²) in [5.74, 6) is 0.798. The first-order valence-electron chi connectivity index (χ1n) is 6.03. The van der Waals surface area contributed by atoms with Gasteiger partial charge in [0, 0.05) is 22.8 Å². The van der Waals surface area contributed by atoms with Crippen LogP contribution in [0.1, 0.15) is 10.4 Å². The second-order valence-corrected chi connectivity index (χ2v) is 6.04. The maximum absolute atomic E-state index is 9.20. The fraction of sp³-hybridized carbons (Fsp3) is 0.0667. The number of aromatic nitrogens is 2. The molecule has 0 aliphatic carbocycles. The first-order valence-corrected chi connectivity index (χ1v) is 7.22. The lowest BCUT2D eigenvalue weighted by Crippen LogP contribution is -2.00. The molecular formula is C15H10ClN3S. The highest BCUT2D eigenvalue weighted by molar-refractivity contribution is 7.16. The van der Waals surface area contributed by atoms with Crippen molar-refractivity contribution in [3.8, 4) is 17.5 Å². The van der Waals surface area contributed by atoms with E-state index in [1.807, 2.05) is 41.1 Å². The van der Waals surface area contributed by atoms with Crippen LogP contribution < -0.4 is 0 Å². The minimum absolute atomic E-state index is 0.629. The molecule has 20 heavy (non-hydrogen) atoms. The Labute approximate surface area is 125 Å². The maximum Gasteiger partial charge on any atom is 0.141 e. The summed E-state index contributed by atoms with van der Waals surface area (Å²) in [6.07, 6.45) is 3.66. The van der Waals surface area contributed by atoms with E-state index in [0.29, 0.717) is 12.1 Å². The summed E-state index contributed by atoms with van der Waals surface area (Å²) in [4.78, 5) is 5.54. The van der Waals surface area contributed by atoms with E-state index in [1.54, 1.807) is 23.6 Å². The van der Waals surface area contributed by atoms with E-state index >= 15 is 0 Å². The largest absolute Gasteiger partial charge is 0.326 e. The minimum Gasteiger partial charge on any atom is -0.326 e. The standard InChI is InChI=1S/C15H10ClN3S/c16-14-6-5-12(20-14)10-19-8-7-18-15(19)13-4-2-1-3-11(13)9-17/h1-8H,10H2. The van der Waals surface area contributed by atoms with Crippen molar-refractivity contribution in [3.63, 3.8) is 0 Å². The van der Waals surface area contributed by atoms with E-state index in [1.165, 1.54) is 0 Å². The minimum atomic E-state index is 0.629. The van der Waals surface area contributed by atoms with Gasteiger partial charge in [0.1, 0.15) is 5.82 Å². The SMILES string of the molecule is N#Cc1ccccc1-c1nccn1Cc1ccc(Cl)s1. The fourth-order valence-corrected chi connectivity index (χ4v) is 3.15. The highest BCUT2D eigenvalue weighted by atomic mass is 35.5. The Balaban J connectivity index is 2.00. The summed E-state index contributed by atoms with van der Waals surface area (Å²) in [6.45, 7) is 0.701. The van der Waals surface area contributed by atoms with Crippen LogP contribution in [-0.2, 0) is 6.54 Å². The van der Waals surface area contributed by atoms with E-state index < -0.39 is 0 Å². The molecule has 3 aromatic rings. The molecule has 0 radical (unpaired) electrons. The molecule has 0 atom stereocenters. The summed E-state index contributed by atoms with van der Waals surface area (Å²) < 4.78 is 2.80. The van der Waals surface area contributed by atoms with Crippen LogP contribution >= 0.6 is 22.9 Å². The number of nitrogens with zero attached hydrogens (tertiary/aromatic N) is 3. The Morgan fingerprint density at radius 1 is 1.25 bits per heavy atom. The van der Waals surface area contributed by atoms with Crippen LogP contribution in [0.15, 0.2) is 48.8 Å². The Hall–Kier alpha value is -2.09. The van der Waals surface area contributed by atoms with Crippen LogP contribution in [0.5, 0.6) is 0 Å². The molecule has 5 heteroatoms. The van der Waals surface area contributed by atoms with Gasteiger partial charge in [0.2, 0.25) is 0 Å². The van der Waals surface area contributed by atoms with Crippen LogP contribution in [0.25, 0.3) is 11.4 Å². The summed E-state index contributed by atoms with van der Waals surface area (Å²) in [7, 11) is 0. The molecule has 0 bridgehead atoms. The molecule has 0 N–H and O–H groups in total. The molecule has 2 heterocycles. The summed E-state index contributed by atoms with van der Waals surface area (Å²) >= 11 is 7.51. The number of rotatable bonds is 3. The smallest absolute Gasteiger partial charge is 0.141 e. The summed E-state index contributed by atoms with van der Waals surface area (Å²) in [6, 6.07) is 13.6. The zero-order chi connectivity index (χ0) is 13.9. The van der Waals surface area contributed by atoms with Crippen LogP contribution in [0.4, 0.5) is 0 Å². The third-order valence-electron chi connectivity index (χ3n) is 2.96. The average molecular weight is 300 g/mol. The van der Waals surface area contributed by atoms with Gasteiger partial charge in [-0.05, 0) is 24.3 Å². The van der Waals surface area contributed by atoms with Crippen molar-refractivity contribution in [2.75, 3.05) is 0 Å². The Bertz CT molecular complexity index is 782. The molecule has 3 nitrogen and oxygen atoms in total. The molecule has 0 amide bonds. The van der Waals surface area contributed by atoms with Crippen molar-refractivity contribution in [2.45, 2.75) is 6.54 Å². The second-order valence-electron chi connectivity index (χ2n) is 4.24. The van der Waals surface area contributed by atoms with Gasteiger partial charge >= 0.3 is 0 Å². The number of hydrogen-bond donors (Lipinski definition) is 0. The zero-order valence-electron chi connectivity index (χ0n) is 10.5. The molecular weight excluding hydrogens is 290 g/mol. The Morgan fingerprint density at radius 2 is 2.10 bits per heavy atom. The van der Waals surface area contributed by atoms with Gasteiger partial charge in [-0.25, -0.2) is 4.98 Å². The Kier molecular flexibility index (Phi) is 3.55. The van der Waals surface area contributed by atoms with Gasteiger partial charge in [0.05, 0.1) is 22.5 Å². The molecule has 0 aliphatic heterocycles. The van der Waals surface area contributed by atoms with Gasteiger partial charge in [-0.2, -0.15) is 5.26 Å². The third kappa shape index (κ3) is 2.46. The van der Waals surface area contributed by atoms with E-state index in [0.717, 1.165) is 20.6 Å². The van der Waals surface area contributed by atoms with Gasteiger partial charge < -0.3 is 4.57 Å². The molecule has 0 saturated heterocycles. The van der Waals surface area contributed by atoms with E-state index in [4.69, 9.17) is 11.6 Å². The van der Waals surface area contributed by atoms with Crippen LogP contribution in [-0.4, -0.2) is 9.55 Å². The van der Waals surface area contributed by atoms with E-state index in [-0.39, 0.29) is 0 Å².